The molecule has 1 fully saturated rings. The molecule has 1 unspecified atom stereocenters. The molecule has 0 N–H and O–H groups in total. The smallest absolute Gasteiger partial charge is 0.243 e. The molecule has 11 heavy (non-hydrogen) atoms. The van der Waals surface area contributed by atoms with Crippen LogP contribution in [-0.2, 0) is 4.79 Å². The Labute approximate surface area is 74.4 Å². The van der Waals surface area contributed by atoms with Gasteiger partial charge in [0.15, 0.2) is 0 Å². The van der Waals surface area contributed by atoms with E-state index in [1.54, 1.807) is 11.8 Å². The van der Waals surface area contributed by atoms with Crippen LogP contribution < -0.4 is 0 Å². The Morgan fingerprint density at radius 2 is 2.64 bits per heavy atom. The lowest BCUT2D eigenvalue weighted by Gasteiger charge is -2.45. The second kappa shape index (κ2) is 2.75. The zero-order valence-electron chi connectivity index (χ0n) is 6.19. The number of carbonyl (C=O) groups excluding carboxylic acids is 1. The van der Waals surface area contributed by atoms with Crippen LogP contribution in [0.25, 0.3) is 0 Å². The van der Waals surface area contributed by atoms with Crippen molar-refractivity contribution in [3.8, 4) is 0 Å². The molecule has 0 bridgehead atoms. The summed E-state index contributed by atoms with van der Waals surface area (Å²) in [5.41, 5.74) is 0. The Kier molecular flexibility index (Phi) is 1.89. The van der Waals surface area contributed by atoms with Gasteiger partial charge in [-0.05, 0) is 6.26 Å². The quantitative estimate of drug-likeness (QED) is 0.574. The standard InChI is InChI=1S/C7H9NOS2/c1-10-5-6(9)8-3-2-4-11-7(5)8/h2-3,5,7H,4H2,1H3/t5?,7-/m1/s1. The molecule has 0 saturated carbocycles. The number of amides is 1. The molecule has 0 aromatic carbocycles. The third-order valence-electron chi connectivity index (χ3n) is 1.91. The number of nitrogens with zero attached hydrogens (tertiary/aromatic N) is 1. The lowest BCUT2D eigenvalue weighted by Crippen LogP contribution is -2.59. The van der Waals surface area contributed by atoms with Crippen LogP contribution >= 0.6 is 23.5 Å². The predicted molar refractivity (Wildman–Crippen MR) is 49.5 cm³/mol. The van der Waals surface area contributed by atoms with Crippen molar-refractivity contribution in [3.05, 3.63) is 12.3 Å². The van der Waals surface area contributed by atoms with Crippen LogP contribution in [0.1, 0.15) is 0 Å². The van der Waals surface area contributed by atoms with Gasteiger partial charge >= 0.3 is 0 Å². The number of rotatable bonds is 1. The first-order valence-electron chi connectivity index (χ1n) is 3.48. The van der Waals surface area contributed by atoms with E-state index in [0.29, 0.717) is 5.37 Å². The van der Waals surface area contributed by atoms with Crippen LogP contribution in [0.2, 0.25) is 0 Å². The van der Waals surface area contributed by atoms with Gasteiger partial charge in [-0.1, -0.05) is 6.08 Å². The van der Waals surface area contributed by atoms with Crippen LogP contribution in [0.4, 0.5) is 0 Å². The highest BCUT2D eigenvalue weighted by Crippen LogP contribution is 2.39. The monoisotopic (exact) mass is 187 g/mol. The predicted octanol–water partition coefficient (Wildman–Crippen LogP) is 1.15. The van der Waals surface area contributed by atoms with E-state index in [4.69, 9.17) is 0 Å². The van der Waals surface area contributed by atoms with Crippen LogP contribution in [0.5, 0.6) is 0 Å². The maximum atomic E-state index is 11.3. The van der Waals surface area contributed by atoms with Crippen LogP contribution in [0.15, 0.2) is 12.3 Å². The third kappa shape index (κ3) is 0.999. The highest BCUT2D eigenvalue weighted by atomic mass is 32.2. The Balaban J connectivity index is 2.12. The van der Waals surface area contributed by atoms with Gasteiger partial charge in [0, 0.05) is 12.0 Å². The minimum atomic E-state index is 0.213. The molecule has 0 aromatic heterocycles. The maximum absolute atomic E-state index is 11.3. The molecule has 0 aliphatic carbocycles. The lowest BCUT2D eigenvalue weighted by atomic mass is 10.2. The molecule has 2 rings (SSSR count). The molecule has 1 amide bonds. The van der Waals surface area contributed by atoms with Crippen molar-refractivity contribution in [3.63, 3.8) is 0 Å². The van der Waals surface area contributed by atoms with Gasteiger partial charge in [0.2, 0.25) is 5.91 Å². The average Bonchev–Trinajstić information content (AvgIpc) is 2.05. The highest BCUT2D eigenvalue weighted by molar-refractivity contribution is 8.04. The third-order valence-corrected chi connectivity index (χ3v) is 4.28. The van der Waals surface area contributed by atoms with Gasteiger partial charge in [0.25, 0.3) is 0 Å². The van der Waals surface area contributed by atoms with Gasteiger partial charge < -0.3 is 4.90 Å². The van der Waals surface area contributed by atoms with Crippen molar-refractivity contribution < 1.29 is 4.79 Å². The molecule has 2 nitrogen and oxygen atoms in total. The van der Waals surface area contributed by atoms with Crippen molar-refractivity contribution >= 4 is 29.4 Å². The fourth-order valence-electron chi connectivity index (χ4n) is 1.31. The summed E-state index contributed by atoms with van der Waals surface area (Å²) in [6, 6.07) is 0. The second-order valence-corrected chi connectivity index (χ2v) is 4.64. The zero-order valence-corrected chi connectivity index (χ0v) is 7.82. The summed E-state index contributed by atoms with van der Waals surface area (Å²) in [6.07, 6.45) is 5.95. The maximum Gasteiger partial charge on any atom is 0.243 e. The molecule has 2 aliphatic heterocycles. The van der Waals surface area contributed by atoms with Gasteiger partial charge in [-0.25, -0.2) is 0 Å². The SMILES string of the molecule is CSC1C(=O)N2C=CCS[C@H]12. The summed E-state index contributed by atoms with van der Waals surface area (Å²) in [7, 11) is 0. The highest BCUT2D eigenvalue weighted by Gasteiger charge is 2.46. The van der Waals surface area contributed by atoms with Gasteiger partial charge in [0.1, 0.15) is 10.6 Å². The molecule has 4 heteroatoms. The van der Waals surface area contributed by atoms with Crippen molar-refractivity contribution in [2.24, 2.45) is 0 Å². The Morgan fingerprint density at radius 1 is 1.82 bits per heavy atom. The van der Waals surface area contributed by atoms with E-state index in [-0.39, 0.29) is 11.2 Å². The fourth-order valence-corrected chi connectivity index (χ4v) is 3.59. The Hall–Kier alpha value is -0.0900. The normalized spacial score (nSPS) is 35.0. The summed E-state index contributed by atoms with van der Waals surface area (Å²) in [5, 5.41) is 0.632. The van der Waals surface area contributed by atoms with Gasteiger partial charge in [-0.3, -0.25) is 4.79 Å². The molecule has 0 radical (unpaired) electrons. The molecule has 1 saturated heterocycles. The van der Waals surface area contributed by atoms with Crippen molar-refractivity contribution in [2.45, 2.75) is 10.6 Å². The molecule has 2 aliphatic rings. The van der Waals surface area contributed by atoms with E-state index in [0.717, 1.165) is 5.75 Å². The lowest BCUT2D eigenvalue weighted by molar-refractivity contribution is -0.136. The fraction of sp³-hybridized carbons (Fsp3) is 0.571. The van der Waals surface area contributed by atoms with E-state index >= 15 is 0 Å². The van der Waals surface area contributed by atoms with Crippen LogP contribution in [0.3, 0.4) is 0 Å². The molecular formula is C7H9NOS2. The first-order valence-corrected chi connectivity index (χ1v) is 5.81. The number of hydrogen-bond acceptors (Lipinski definition) is 3. The van der Waals surface area contributed by atoms with E-state index in [1.807, 2.05) is 35.2 Å². The molecule has 0 aromatic rings. The van der Waals surface area contributed by atoms with Gasteiger partial charge in [-0.15, -0.1) is 23.5 Å². The van der Waals surface area contributed by atoms with Crippen molar-refractivity contribution in [1.82, 2.24) is 4.90 Å². The Bertz CT molecular complexity index is 216. The van der Waals surface area contributed by atoms with Crippen molar-refractivity contribution in [2.75, 3.05) is 12.0 Å². The number of carbonyl (C=O) groups is 1. The molecule has 60 valence electrons. The minimum Gasteiger partial charge on any atom is -0.304 e. The topological polar surface area (TPSA) is 20.3 Å². The zero-order chi connectivity index (χ0) is 7.84. The number of hydrogen-bond donors (Lipinski definition) is 0. The molecule has 2 atom stereocenters. The van der Waals surface area contributed by atoms with Crippen LogP contribution in [0, 0.1) is 0 Å². The summed E-state index contributed by atoms with van der Waals surface area (Å²) >= 11 is 3.51. The van der Waals surface area contributed by atoms with Gasteiger partial charge in [0.05, 0.1) is 0 Å². The minimum absolute atomic E-state index is 0.213. The van der Waals surface area contributed by atoms with Gasteiger partial charge in [-0.2, -0.15) is 0 Å². The summed E-state index contributed by atoms with van der Waals surface area (Å²) in [5.74, 6) is 1.32. The first kappa shape index (κ1) is 7.55. The second-order valence-electron chi connectivity index (χ2n) is 2.51. The summed E-state index contributed by atoms with van der Waals surface area (Å²) < 4.78 is 0. The average molecular weight is 187 g/mol. The van der Waals surface area contributed by atoms with E-state index < -0.39 is 0 Å². The first-order chi connectivity index (χ1) is 5.34. The largest absolute Gasteiger partial charge is 0.304 e. The molecular weight excluding hydrogens is 178 g/mol. The van der Waals surface area contributed by atoms with Crippen LogP contribution in [-0.4, -0.2) is 33.4 Å². The Morgan fingerprint density at radius 3 is 3.36 bits per heavy atom. The number of thioether (sulfide) groups is 2. The van der Waals surface area contributed by atoms with E-state index in [2.05, 4.69) is 0 Å². The summed E-state index contributed by atoms with van der Waals surface area (Å²) in [6.45, 7) is 0. The van der Waals surface area contributed by atoms with E-state index in [9.17, 15) is 4.79 Å². The van der Waals surface area contributed by atoms with E-state index in [1.165, 1.54) is 0 Å². The number of fused-ring (bicyclic) bond motifs is 1. The number of β-lactam (4-membered cyclic amide) rings is 1. The molecule has 2 heterocycles. The summed E-state index contributed by atoms with van der Waals surface area (Å²) in [4.78, 5) is 13.1. The van der Waals surface area contributed by atoms with Crippen molar-refractivity contribution in [1.29, 1.82) is 0 Å². The molecule has 0 spiro atoms.